The number of carbonyl (C=O) groups is 1. The maximum atomic E-state index is 12.8. The molecular weight excluding hydrogens is 298 g/mol. The van der Waals surface area contributed by atoms with Crippen LogP contribution >= 0.6 is 0 Å². The number of aromatic nitrogens is 2. The zero-order chi connectivity index (χ0) is 17.3. The first-order chi connectivity index (χ1) is 11.4. The van der Waals surface area contributed by atoms with Gasteiger partial charge < -0.3 is 5.32 Å². The summed E-state index contributed by atoms with van der Waals surface area (Å²) in [5.74, 6) is 0.327. The van der Waals surface area contributed by atoms with E-state index in [0.717, 1.165) is 25.0 Å². The van der Waals surface area contributed by atoms with Crippen LogP contribution in [-0.4, -0.2) is 21.2 Å². The van der Waals surface area contributed by atoms with Gasteiger partial charge in [0.2, 0.25) is 0 Å². The minimum absolute atomic E-state index is 0.00216. The topological polar surface area (TPSA) is 46.9 Å². The molecule has 0 radical (unpaired) electrons. The number of aryl methyl sites for hydroxylation is 2. The van der Waals surface area contributed by atoms with E-state index in [1.165, 1.54) is 11.1 Å². The zero-order valence-electron chi connectivity index (χ0n) is 15.1. The van der Waals surface area contributed by atoms with Gasteiger partial charge in [-0.2, -0.15) is 5.10 Å². The first-order valence-corrected chi connectivity index (χ1v) is 8.89. The van der Waals surface area contributed by atoms with Gasteiger partial charge in [0.1, 0.15) is 5.69 Å². The Bertz CT molecular complexity index is 741. The molecule has 3 rings (SSSR count). The summed E-state index contributed by atoms with van der Waals surface area (Å²) in [7, 11) is 0. The molecule has 0 atom stereocenters. The van der Waals surface area contributed by atoms with Gasteiger partial charge >= 0.3 is 0 Å². The molecule has 1 aliphatic carbocycles. The van der Waals surface area contributed by atoms with E-state index in [4.69, 9.17) is 0 Å². The maximum Gasteiger partial charge on any atom is 0.270 e. The monoisotopic (exact) mass is 325 g/mol. The Morgan fingerprint density at radius 2 is 2.04 bits per heavy atom. The Kier molecular flexibility index (Phi) is 4.48. The summed E-state index contributed by atoms with van der Waals surface area (Å²) in [6.07, 6.45) is 3.00. The highest BCUT2D eigenvalue weighted by Crippen LogP contribution is 2.39. The third-order valence-corrected chi connectivity index (χ3v) is 4.94. The number of nitrogens with one attached hydrogen (secondary N) is 1. The van der Waals surface area contributed by atoms with E-state index < -0.39 is 0 Å². The molecule has 1 fully saturated rings. The van der Waals surface area contributed by atoms with Gasteiger partial charge in [-0.15, -0.1) is 0 Å². The Balaban J connectivity index is 1.76. The number of rotatable bonds is 6. The molecule has 1 saturated carbocycles. The fourth-order valence-corrected chi connectivity index (χ4v) is 3.12. The van der Waals surface area contributed by atoms with Crippen molar-refractivity contribution in [2.24, 2.45) is 0 Å². The molecule has 0 saturated heterocycles. The maximum absolute atomic E-state index is 12.8. The molecule has 1 amide bonds. The van der Waals surface area contributed by atoms with Crippen molar-refractivity contribution in [2.75, 3.05) is 0 Å². The Morgan fingerprint density at radius 3 is 2.62 bits per heavy atom. The second kappa shape index (κ2) is 6.42. The standard InChI is InChI=1S/C20H27N3O/c1-5-23-18(12-17(22-23)14(2)3)19(24)21-20(10-11-20)13-16-9-7-6-8-15(16)4/h6-9,12,14H,5,10-11,13H2,1-4H3,(H,21,24). The Labute approximate surface area is 144 Å². The molecule has 0 spiro atoms. The Morgan fingerprint density at radius 1 is 1.33 bits per heavy atom. The average molecular weight is 325 g/mol. The highest BCUT2D eigenvalue weighted by molar-refractivity contribution is 5.93. The van der Waals surface area contributed by atoms with Crippen LogP contribution in [0.1, 0.15) is 66.8 Å². The predicted molar refractivity (Wildman–Crippen MR) is 96.3 cm³/mol. The van der Waals surface area contributed by atoms with Crippen LogP contribution in [0.3, 0.4) is 0 Å². The summed E-state index contributed by atoms with van der Waals surface area (Å²) < 4.78 is 1.81. The van der Waals surface area contributed by atoms with Crippen LogP contribution in [-0.2, 0) is 13.0 Å². The minimum Gasteiger partial charge on any atom is -0.345 e. The molecule has 4 heteroatoms. The molecule has 1 aliphatic rings. The van der Waals surface area contributed by atoms with Gasteiger partial charge in [-0.1, -0.05) is 38.1 Å². The lowest BCUT2D eigenvalue weighted by atomic mass is 9.99. The van der Waals surface area contributed by atoms with Crippen molar-refractivity contribution < 1.29 is 4.79 Å². The zero-order valence-corrected chi connectivity index (χ0v) is 15.1. The van der Waals surface area contributed by atoms with Crippen molar-refractivity contribution in [3.63, 3.8) is 0 Å². The molecule has 1 heterocycles. The fourth-order valence-electron chi connectivity index (χ4n) is 3.12. The Hall–Kier alpha value is -2.10. The molecule has 4 nitrogen and oxygen atoms in total. The summed E-state index contributed by atoms with van der Waals surface area (Å²) in [5, 5.41) is 7.84. The van der Waals surface area contributed by atoms with Crippen LogP contribution in [0.4, 0.5) is 0 Å². The summed E-state index contributed by atoms with van der Waals surface area (Å²) >= 11 is 0. The molecule has 0 bridgehead atoms. The van der Waals surface area contributed by atoms with Gasteiger partial charge in [-0.25, -0.2) is 0 Å². The number of nitrogens with zero attached hydrogens (tertiary/aromatic N) is 2. The van der Waals surface area contributed by atoms with Gasteiger partial charge in [0, 0.05) is 12.1 Å². The summed E-state index contributed by atoms with van der Waals surface area (Å²) in [4.78, 5) is 12.8. The number of hydrogen-bond acceptors (Lipinski definition) is 2. The second-order valence-electron chi connectivity index (χ2n) is 7.26. The average Bonchev–Trinajstić information content (AvgIpc) is 3.14. The summed E-state index contributed by atoms with van der Waals surface area (Å²) in [6.45, 7) is 9.07. The normalized spacial score (nSPS) is 15.5. The van der Waals surface area contributed by atoms with Crippen LogP contribution in [0.5, 0.6) is 0 Å². The van der Waals surface area contributed by atoms with Gasteiger partial charge in [0.25, 0.3) is 5.91 Å². The predicted octanol–water partition coefficient (Wildman–Crippen LogP) is 3.84. The van der Waals surface area contributed by atoms with E-state index in [1.807, 2.05) is 17.7 Å². The van der Waals surface area contributed by atoms with Crippen molar-refractivity contribution in [2.45, 2.75) is 65.0 Å². The van der Waals surface area contributed by atoms with E-state index in [-0.39, 0.29) is 11.4 Å². The molecule has 24 heavy (non-hydrogen) atoms. The lowest BCUT2D eigenvalue weighted by Crippen LogP contribution is -2.39. The van der Waals surface area contributed by atoms with Gasteiger partial charge in [0.05, 0.1) is 5.69 Å². The van der Waals surface area contributed by atoms with Gasteiger partial charge in [0.15, 0.2) is 0 Å². The first kappa shape index (κ1) is 16.7. The molecule has 128 valence electrons. The summed E-state index contributed by atoms with van der Waals surface area (Å²) in [6, 6.07) is 10.4. The molecule has 2 aromatic rings. The number of benzene rings is 1. The van der Waals surface area contributed by atoms with Gasteiger partial charge in [-0.3, -0.25) is 9.48 Å². The highest BCUT2D eigenvalue weighted by Gasteiger charge is 2.44. The van der Waals surface area contributed by atoms with E-state index >= 15 is 0 Å². The first-order valence-electron chi connectivity index (χ1n) is 8.89. The van der Waals surface area contributed by atoms with E-state index in [0.29, 0.717) is 18.2 Å². The smallest absolute Gasteiger partial charge is 0.270 e. The third kappa shape index (κ3) is 3.37. The van der Waals surface area contributed by atoms with Crippen LogP contribution in [0.15, 0.2) is 30.3 Å². The number of carbonyl (C=O) groups excluding carboxylic acids is 1. The second-order valence-corrected chi connectivity index (χ2v) is 7.26. The lowest BCUT2D eigenvalue weighted by molar-refractivity contribution is 0.0920. The van der Waals surface area contributed by atoms with Crippen LogP contribution in [0.2, 0.25) is 0 Å². The molecule has 0 unspecified atom stereocenters. The van der Waals surface area contributed by atoms with Gasteiger partial charge in [-0.05, 0) is 56.2 Å². The van der Waals surface area contributed by atoms with Crippen molar-refractivity contribution in [1.82, 2.24) is 15.1 Å². The fraction of sp³-hybridized carbons (Fsp3) is 0.500. The van der Waals surface area contributed by atoms with Crippen molar-refractivity contribution in [3.8, 4) is 0 Å². The van der Waals surface area contributed by atoms with Crippen LogP contribution < -0.4 is 5.32 Å². The van der Waals surface area contributed by atoms with Crippen LogP contribution in [0, 0.1) is 6.92 Å². The number of hydrogen-bond donors (Lipinski definition) is 1. The van der Waals surface area contributed by atoms with Crippen molar-refractivity contribution in [3.05, 3.63) is 52.8 Å². The highest BCUT2D eigenvalue weighted by atomic mass is 16.2. The quantitative estimate of drug-likeness (QED) is 0.877. The van der Waals surface area contributed by atoms with Crippen LogP contribution in [0.25, 0.3) is 0 Å². The molecule has 0 aliphatic heterocycles. The van der Waals surface area contributed by atoms with Crippen molar-refractivity contribution in [1.29, 1.82) is 0 Å². The minimum atomic E-state index is -0.0793. The SMILES string of the molecule is CCn1nc(C(C)C)cc1C(=O)NC1(Cc2ccccc2C)CC1. The lowest BCUT2D eigenvalue weighted by Gasteiger charge is -2.19. The number of amides is 1. The largest absolute Gasteiger partial charge is 0.345 e. The van der Waals surface area contributed by atoms with Crippen molar-refractivity contribution >= 4 is 5.91 Å². The third-order valence-electron chi connectivity index (χ3n) is 4.94. The molecular formula is C20H27N3O. The van der Waals surface area contributed by atoms with E-state index in [2.05, 4.69) is 55.5 Å². The molecule has 1 aromatic carbocycles. The van der Waals surface area contributed by atoms with E-state index in [9.17, 15) is 4.79 Å². The molecule has 1 aromatic heterocycles. The van der Waals surface area contributed by atoms with E-state index in [1.54, 1.807) is 0 Å². The summed E-state index contributed by atoms with van der Waals surface area (Å²) in [5.41, 5.74) is 4.19. The molecule has 1 N–H and O–H groups in total.